The SMILES string of the molecule is CCOC(=O)CCCCCCCC=CCCO. The number of aliphatic hydroxyl groups is 1. The van der Waals surface area contributed by atoms with Gasteiger partial charge in [0, 0.05) is 13.0 Å². The molecule has 100 valence electrons. The molecule has 0 saturated heterocycles. The summed E-state index contributed by atoms with van der Waals surface area (Å²) in [5.41, 5.74) is 0. The molecule has 0 spiro atoms. The number of aliphatic hydroxyl groups excluding tert-OH is 1. The highest BCUT2D eigenvalue weighted by atomic mass is 16.5. The van der Waals surface area contributed by atoms with Gasteiger partial charge < -0.3 is 9.84 Å². The molecule has 0 atom stereocenters. The Labute approximate surface area is 105 Å². The van der Waals surface area contributed by atoms with E-state index in [-0.39, 0.29) is 12.6 Å². The van der Waals surface area contributed by atoms with Gasteiger partial charge in [-0.05, 0) is 32.6 Å². The van der Waals surface area contributed by atoms with Gasteiger partial charge in [0.05, 0.1) is 6.61 Å². The maximum Gasteiger partial charge on any atom is 0.305 e. The maximum absolute atomic E-state index is 11.0. The van der Waals surface area contributed by atoms with Gasteiger partial charge in [-0.15, -0.1) is 0 Å². The largest absolute Gasteiger partial charge is 0.466 e. The first-order chi connectivity index (χ1) is 8.31. The van der Waals surface area contributed by atoms with Crippen LogP contribution in [0.5, 0.6) is 0 Å². The number of allylic oxidation sites excluding steroid dienone is 1. The Morgan fingerprint density at radius 2 is 1.71 bits per heavy atom. The highest BCUT2D eigenvalue weighted by molar-refractivity contribution is 5.69. The molecule has 3 heteroatoms. The van der Waals surface area contributed by atoms with Crippen LogP contribution in [0.4, 0.5) is 0 Å². The fourth-order valence-corrected chi connectivity index (χ4v) is 1.61. The summed E-state index contributed by atoms with van der Waals surface area (Å²) in [5, 5.41) is 8.56. The van der Waals surface area contributed by atoms with Crippen molar-refractivity contribution in [1.82, 2.24) is 0 Å². The van der Waals surface area contributed by atoms with E-state index >= 15 is 0 Å². The molecule has 0 aliphatic carbocycles. The van der Waals surface area contributed by atoms with Gasteiger partial charge in [-0.25, -0.2) is 0 Å². The molecule has 0 aliphatic heterocycles. The lowest BCUT2D eigenvalue weighted by Gasteiger charge is -2.01. The van der Waals surface area contributed by atoms with Gasteiger partial charge in [-0.3, -0.25) is 4.79 Å². The third-order valence-corrected chi connectivity index (χ3v) is 2.52. The van der Waals surface area contributed by atoms with Gasteiger partial charge in [0.25, 0.3) is 0 Å². The van der Waals surface area contributed by atoms with Crippen molar-refractivity contribution in [2.24, 2.45) is 0 Å². The van der Waals surface area contributed by atoms with E-state index in [4.69, 9.17) is 9.84 Å². The van der Waals surface area contributed by atoms with E-state index < -0.39 is 0 Å². The van der Waals surface area contributed by atoms with Crippen LogP contribution in [0.3, 0.4) is 0 Å². The highest BCUT2D eigenvalue weighted by Gasteiger charge is 2.00. The smallest absolute Gasteiger partial charge is 0.305 e. The first kappa shape index (κ1) is 16.2. The molecule has 3 nitrogen and oxygen atoms in total. The van der Waals surface area contributed by atoms with Crippen LogP contribution >= 0.6 is 0 Å². The molecule has 17 heavy (non-hydrogen) atoms. The van der Waals surface area contributed by atoms with Crippen molar-refractivity contribution >= 4 is 5.97 Å². The standard InChI is InChI=1S/C14H26O3/c1-2-17-14(16)12-10-8-6-4-3-5-7-9-11-13-15/h7,9,15H,2-6,8,10-13H2,1H3. The Morgan fingerprint density at radius 3 is 2.41 bits per heavy atom. The van der Waals surface area contributed by atoms with Crippen LogP contribution in [-0.2, 0) is 9.53 Å². The van der Waals surface area contributed by atoms with Crippen molar-refractivity contribution in [3.05, 3.63) is 12.2 Å². The molecule has 0 bridgehead atoms. The quantitative estimate of drug-likeness (QED) is 0.344. The number of esters is 1. The average molecular weight is 242 g/mol. The minimum absolute atomic E-state index is 0.0700. The van der Waals surface area contributed by atoms with Gasteiger partial charge >= 0.3 is 5.97 Å². The number of hydrogen-bond acceptors (Lipinski definition) is 3. The van der Waals surface area contributed by atoms with Crippen molar-refractivity contribution in [1.29, 1.82) is 0 Å². The number of carbonyl (C=O) groups excluding carboxylic acids is 1. The fraction of sp³-hybridized carbons (Fsp3) is 0.786. The Morgan fingerprint density at radius 1 is 1.06 bits per heavy atom. The molecule has 0 aromatic carbocycles. The molecule has 0 heterocycles. The summed E-state index contributed by atoms with van der Waals surface area (Å²) in [6.07, 6.45) is 12.2. The van der Waals surface area contributed by atoms with E-state index in [1.165, 1.54) is 19.3 Å². The second kappa shape index (κ2) is 13.2. The normalized spacial score (nSPS) is 10.9. The number of carbonyl (C=O) groups is 1. The first-order valence-electron chi connectivity index (χ1n) is 6.72. The summed E-state index contributed by atoms with van der Waals surface area (Å²) >= 11 is 0. The molecule has 0 aliphatic rings. The molecular weight excluding hydrogens is 216 g/mol. The molecule has 0 saturated carbocycles. The van der Waals surface area contributed by atoms with Crippen LogP contribution in [0, 0.1) is 0 Å². The van der Waals surface area contributed by atoms with Crippen LogP contribution in [0.25, 0.3) is 0 Å². The lowest BCUT2D eigenvalue weighted by molar-refractivity contribution is -0.143. The topological polar surface area (TPSA) is 46.5 Å². The molecule has 1 N–H and O–H groups in total. The van der Waals surface area contributed by atoms with Crippen LogP contribution < -0.4 is 0 Å². The lowest BCUT2D eigenvalue weighted by atomic mass is 10.1. The second-order valence-corrected chi connectivity index (χ2v) is 4.10. The van der Waals surface area contributed by atoms with Gasteiger partial charge in [0.1, 0.15) is 0 Å². The van der Waals surface area contributed by atoms with Gasteiger partial charge in [-0.1, -0.05) is 31.4 Å². The van der Waals surface area contributed by atoms with E-state index in [0.717, 1.165) is 25.7 Å². The second-order valence-electron chi connectivity index (χ2n) is 4.10. The summed E-state index contributed by atoms with van der Waals surface area (Å²) in [7, 11) is 0. The summed E-state index contributed by atoms with van der Waals surface area (Å²) in [6, 6.07) is 0. The number of unbranched alkanes of at least 4 members (excludes halogenated alkanes) is 5. The first-order valence-corrected chi connectivity index (χ1v) is 6.72. The zero-order chi connectivity index (χ0) is 12.8. The van der Waals surface area contributed by atoms with Crippen LogP contribution in [0.1, 0.15) is 58.3 Å². The third kappa shape index (κ3) is 13.1. The van der Waals surface area contributed by atoms with E-state index in [1.807, 2.05) is 13.0 Å². The molecule has 0 radical (unpaired) electrons. The van der Waals surface area contributed by atoms with E-state index in [1.54, 1.807) is 0 Å². The van der Waals surface area contributed by atoms with Crippen molar-refractivity contribution in [3.63, 3.8) is 0 Å². The summed E-state index contributed by atoms with van der Waals surface area (Å²) in [5.74, 6) is -0.0700. The molecule has 0 rings (SSSR count). The molecule has 0 aromatic rings. The summed E-state index contributed by atoms with van der Waals surface area (Å²) in [4.78, 5) is 11.0. The van der Waals surface area contributed by atoms with Crippen molar-refractivity contribution in [3.8, 4) is 0 Å². The molecule has 0 aromatic heterocycles. The van der Waals surface area contributed by atoms with Crippen LogP contribution in [0.15, 0.2) is 12.2 Å². The third-order valence-electron chi connectivity index (χ3n) is 2.52. The Bertz CT molecular complexity index is 200. The van der Waals surface area contributed by atoms with Gasteiger partial charge in [-0.2, -0.15) is 0 Å². The van der Waals surface area contributed by atoms with Crippen molar-refractivity contribution in [2.45, 2.75) is 58.3 Å². The van der Waals surface area contributed by atoms with E-state index in [2.05, 4.69) is 6.08 Å². The van der Waals surface area contributed by atoms with E-state index in [0.29, 0.717) is 13.0 Å². The monoisotopic (exact) mass is 242 g/mol. The molecule has 0 unspecified atom stereocenters. The molecular formula is C14H26O3. The zero-order valence-electron chi connectivity index (χ0n) is 11.0. The van der Waals surface area contributed by atoms with Gasteiger partial charge in [0.2, 0.25) is 0 Å². The van der Waals surface area contributed by atoms with Crippen molar-refractivity contribution < 1.29 is 14.6 Å². The maximum atomic E-state index is 11.0. The van der Waals surface area contributed by atoms with Crippen LogP contribution in [0.2, 0.25) is 0 Å². The number of ether oxygens (including phenoxy) is 1. The molecule has 0 fully saturated rings. The van der Waals surface area contributed by atoms with Gasteiger partial charge in [0.15, 0.2) is 0 Å². The Balaban J connectivity index is 3.11. The minimum atomic E-state index is -0.0700. The Kier molecular flexibility index (Phi) is 12.6. The predicted octanol–water partition coefficient (Wildman–Crippen LogP) is 3.22. The number of rotatable bonds is 11. The number of hydrogen-bond donors (Lipinski definition) is 1. The minimum Gasteiger partial charge on any atom is -0.466 e. The Hall–Kier alpha value is -0.830. The fourth-order valence-electron chi connectivity index (χ4n) is 1.61. The zero-order valence-corrected chi connectivity index (χ0v) is 11.0. The summed E-state index contributed by atoms with van der Waals surface area (Å²) < 4.78 is 4.86. The van der Waals surface area contributed by atoms with Crippen molar-refractivity contribution in [2.75, 3.05) is 13.2 Å². The lowest BCUT2D eigenvalue weighted by Crippen LogP contribution is -2.03. The predicted molar refractivity (Wildman–Crippen MR) is 69.8 cm³/mol. The highest BCUT2D eigenvalue weighted by Crippen LogP contribution is 2.08. The average Bonchev–Trinajstić information content (AvgIpc) is 2.32. The van der Waals surface area contributed by atoms with Crippen LogP contribution in [-0.4, -0.2) is 24.3 Å². The molecule has 0 amide bonds. The van der Waals surface area contributed by atoms with E-state index in [9.17, 15) is 4.79 Å². The summed E-state index contributed by atoms with van der Waals surface area (Å²) in [6.45, 7) is 2.56.